The Kier molecular flexibility index (Phi) is 4.69. The van der Waals surface area contributed by atoms with E-state index in [4.69, 9.17) is 0 Å². The zero-order valence-corrected chi connectivity index (χ0v) is 11.2. The molecule has 0 aliphatic heterocycles. The minimum absolute atomic E-state index is 0.154. The van der Waals surface area contributed by atoms with Crippen LogP contribution in [0, 0.1) is 0 Å². The predicted molar refractivity (Wildman–Crippen MR) is 70.6 cm³/mol. The van der Waals surface area contributed by atoms with Crippen molar-refractivity contribution in [3.63, 3.8) is 0 Å². The third kappa shape index (κ3) is 3.85. The molecule has 0 amide bonds. The number of hydrogen-bond acceptors (Lipinski definition) is 3. The van der Waals surface area contributed by atoms with Crippen molar-refractivity contribution in [1.82, 2.24) is 4.90 Å². The number of rotatable bonds is 5. The maximum atomic E-state index is 12.0. The van der Waals surface area contributed by atoms with E-state index in [0.717, 1.165) is 0 Å². The van der Waals surface area contributed by atoms with Crippen molar-refractivity contribution in [1.29, 1.82) is 0 Å². The maximum absolute atomic E-state index is 12.0. The molecular weight excluding hydrogens is 236 g/mol. The summed E-state index contributed by atoms with van der Waals surface area (Å²) in [5.41, 5.74) is 0.495. The van der Waals surface area contributed by atoms with Crippen LogP contribution in [0.4, 0.5) is 5.69 Å². The maximum Gasteiger partial charge on any atom is 0.180 e. The molecule has 1 rings (SSSR count). The lowest BCUT2D eigenvalue weighted by molar-refractivity contribution is 0.595. The van der Waals surface area contributed by atoms with Gasteiger partial charge in [-0.3, -0.25) is 0 Å². The highest BCUT2D eigenvalue weighted by molar-refractivity contribution is 7.91. The topological polar surface area (TPSA) is 49.7 Å². The van der Waals surface area contributed by atoms with Gasteiger partial charge in [0.1, 0.15) is 0 Å². The number of hydrogen-bond donors (Lipinski definition) is 0. The van der Waals surface area contributed by atoms with Crippen LogP contribution in [0.15, 0.2) is 34.2 Å². The second-order valence-corrected chi connectivity index (χ2v) is 6.07. The average Bonchev–Trinajstić information content (AvgIpc) is 2.26. The zero-order valence-electron chi connectivity index (χ0n) is 10.4. The second-order valence-electron chi connectivity index (χ2n) is 3.99. The molecule has 94 valence electrons. The number of para-hydroxylation sites is 1. The molecule has 0 N–H and O–H groups in total. The summed E-state index contributed by atoms with van der Waals surface area (Å²) in [6, 6.07) is 6.82. The first-order chi connectivity index (χ1) is 7.97. The quantitative estimate of drug-likeness (QED) is 0.597. The number of sulfone groups is 1. The van der Waals surface area contributed by atoms with Crippen LogP contribution in [-0.4, -0.2) is 39.5 Å². The van der Waals surface area contributed by atoms with Gasteiger partial charge in [-0.1, -0.05) is 19.1 Å². The van der Waals surface area contributed by atoms with E-state index in [0.29, 0.717) is 17.0 Å². The molecule has 0 bridgehead atoms. The average molecular weight is 254 g/mol. The molecule has 0 heterocycles. The van der Waals surface area contributed by atoms with Gasteiger partial charge < -0.3 is 4.90 Å². The highest BCUT2D eigenvalue weighted by Crippen LogP contribution is 2.24. The summed E-state index contributed by atoms with van der Waals surface area (Å²) in [7, 11) is 0.459. The highest BCUT2D eigenvalue weighted by atomic mass is 32.2. The van der Waals surface area contributed by atoms with Gasteiger partial charge >= 0.3 is 0 Å². The van der Waals surface area contributed by atoms with Crippen LogP contribution >= 0.6 is 0 Å². The molecule has 5 heteroatoms. The molecule has 1 aromatic rings. The lowest BCUT2D eigenvalue weighted by atomic mass is 10.3. The Balaban J connectivity index is 3.17. The molecule has 0 saturated carbocycles. The van der Waals surface area contributed by atoms with Crippen molar-refractivity contribution < 1.29 is 8.42 Å². The largest absolute Gasteiger partial charge is 0.369 e. The molecule has 0 aromatic heterocycles. The fraction of sp³-hybridized carbons (Fsp3) is 0.417. The highest BCUT2D eigenvalue weighted by Gasteiger charge is 2.16. The van der Waals surface area contributed by atoms with Gasteiger partial charge in [0.05, 0.1) is 22.7 Å². The van der Waals surface area contributed by atoms with Gasteiger partial charge in [0, 0.05) is 14.1 Å². The van der Waals surface area contributed by atoms with Crippen molar-refractivity contribution >= 4 is 21.9 Å². The summed E-state index contributed by atoms with van der Waals surface area (Å²) in [5.74, 6) is 0.154. The smallest absolute Gasteiger partial charge is 0.180 e. The monoisotopic (exact) mass is 254 g/mol. The van der Waals surface area contributed by atoms with Crippen LogP contribution in [-0.2, 0) is 9.84 Å². The van der Waals surface area contributed by atoms with Crippen molar-refractivity contribution in [3.05, 3.63) is 24.3 Å². The van der Waals surface area contributed by atoms with E-state index in [1.54, 1.807) is 35.5 Å². The van der Waals surface area contributed by atoms with E-state index in [1.807, 2.05) is 21.0 Å². The van der Waals surface area contributed by atoms with E-state index < -0.39 is 9.84 Å². The standard InChI is InChI=1S/C12H18N2O2S/c1-4-9-17(15,16)12-8-6-5-7-11(12)13-10-14(2)3/h5-8,10H,4,9H2,1-3H3. The van der Waals surface area contributed by atoms with E-state index in [-0.39, 0.29) is 5.75 Å². The Morgan fingerprint density at radius 1 is 1.29 bits per heavy atom. The third-order valence-electron chi connectivity index (χ3n) is 2.10. The van der Waals surface area contributed by atoms with Gasteiger partial charge in [-0.2, -0.15) is 0 Å². The minimum atomic E-state index is -3.22. The Hall–Kier alpha value is -1.36. The van der Waals surface area contributed by atoms with E-state index in [9.17, 15) is 8.42 Å². The molecular formula is C12H18N2O2S. The second kappa shape index (κ2) is 5.82. The molecule has 0 fully saturated rings. The molecule has 0 aliphatic rings. The van der Waals surface area contributed by atoms with Crippen LogP contribution in [0.5, 0.6) is 0 Å². The van der Waals surface area contributed by atoms with Crippen molar-refractivity contribution in [2.45, 2.75) is 18.2 Å². The zero-order chi connectivity index (χ0) is 12.9. The van der Waals surface area contributed by atoms with Gasteiger partial charge in [-0.15, -0.1) is 0 Å². The van der Waals surface area contributed by atoms with Crippen molar-refractivity contribution in [2.24, 2.45) is 4.99 Å². The predicted octanol–water partition coefficient (Wildman–Crippen LogP) is 2.09. The van der Waals surface area contributed by atoms with Crippen LogP contribution in [0.3, 0.4) is 0 Å². The van der Waals surface area contributed by atoms with E-state index in [1.165, 1.54) is 0 Å². The van der Waals surface area contributed by atoms with Crippen LogP contribution < -0.4 is 0 Å². The summed E-state index contributed by atoms with van der Waals surface area (Å²) in [4.78, 5) is 6.25. The number of aliphatic imine (C=N–C) groups is 1. The summed E-state index contributed by atoms with van der Waals surface area (Å²) in [6.07, 6.45) is 2.20. The Morgan fingerprint density at radius 3 is 2.53 bits per heavy atom. The molecule has 0 unspecified atom stereocenters. The van der Waals surface area contributed by atoms with Crippen molar-refractivity contribution in [3.8, 4) is 0 Å². The Bertz CT molecular complexity index is 493. The Labute approximate surface area is 103 Å². The van der Waals surface area contributed by atoms with Crippen LogP contribution in [0.1, 0.15) is 13.3 Å². The first kappa shape index (κ1) is 13.7. The SMILES string of the molecule is CCCS(=O)(=O)c1ccccc1N=CN(C)C. The van der Waals surface area contributed by atoms with E-state index >= 15 is 0 Å². The summed E-state index contributed by atoms with van der Waals surface area (Å²) in [5, 5.41) is 0. The summed E-state index contributed by atoms with van der Waals surface area (Å²) in [6.45, 7) is 1.85. The summed E-state index contributed by atoms with van der Waals surface area (Å²) < 4.78 is 24.0. The molecule has 17 heavy (non-hydrogen) atoms. The molecule has 0 radical (unpaired) electrons. The molecule has 0 atom stereocenters. The van der Waals surface area contributed by atoms with Crippen LogP contribution in [0.25, 0.3) is 0 Å². The minimum Gasteiger partial charge on any atom is -0.369 e. The molecule has 1 aromatic carbocycles. The number of benzene rings is 1. The molecule has 0 aliphatic carbocycles. The fourth-order valence-electron chi connectivity index (χ4n) is 1.38. The third-order valence-corrected chi connectivity index (χ3v) is 4.06. The first-order valence-corrected chi connectivity index (χ1v) is 7.15. The first-order valence-electron chi connectivity index (χ1n) is 5.50. The Morgan fingerprint density at radius 2 is 1.94 bits per heavy atom. The molecule has 0 saturated heterocycles. The van der Waals surface area contributed by atoms with Gasteiger partial charge in [-0.05, 0) is 18.6 Å². The lowest BCUT2D eigenvalue weighted by Crippen LogP contribution is -2.08. The normalized spacial score (nSPS) is 11.9. The summed E-state index contributed by atoms with van der Waals surface area (Å²) >= 11 is 0. The lowest BCUT2D eigenvalue weighted by Gasteiger charge is -2.07. The van der Waals surface area contributed by atoms with E-state index in [2.05, 4.69) is 4.99 Å². The fourth-order valence-corrected chi connectivity index (χ4v) is 2.87. The number of nitrogens with zero attached hydrogens (tertiary/aromatic N) is 2. The van der Waals surface area contributed by atoms with Crippen LogP contribution in [0.2, 0.25) is 0 Å². The van der Waals surface area contributed by atoms with Gasteiger partial charge in [0.2, 0.25) is 0 Å². The molecule has 4 nitrogen and oxygen atoms in total. The van der Waals surface area contributed by atoms with Crippen molar-refractivity contribution in [2.75, 3.05) is 19.8 Å². The van der Waals surface area contributed by atoms with Gasteiger partial charge in [-0.25, -0.2) is 13.4 Å². The molecule has 0 spiro atoms. The van der Waals surface area contributed by atoms with Gasteiger partial charge in [0.25, 0.3) is 0 Å². The van der Waals surface area contributed by atoms with Gasteiger partial charge in [0.15, 0.2) is 9.84 Å².